The summed E-state index contributed by atoms with van der Waals surface area (Å²) < 4.78 is 44.2. The minimum absolute atomic E-state index is 0.323. The van der Waals surface area contributed by atoms with Gasteiger partial charge in [0, 0.05) is 5.56 Å². The molecule has 218 valence electrons. The predicted octanol–water partition coefficient (Wildman–Crippen LogP) is 6.22. The number of hydrogen-bond acceptors (Lipinski definition) is 7. The van der Waals surface area contributed by atoms with E-state index in [0.717, 1.165) is 28.0 Å². The van der Waals surface area contributed by atoms with Crippen LogP contribution < -0.4 is 4.74 Å². The molecule has 7 nitrogen and oxygen atoms in total. The average molecular weight is 569 g/mol. The van der Waals surface area contributed by atoms with Crippen molar-refractivity contribution in [2.75, 3.05) is 13.7 Å². The third-order valence-corrected chi connectivity index (χ3v) is 7.50. The molecule has 0 saturated carbocycles. The van der Waals surface area contributed by atoms with Crippen LogP contribution in [0.25, 0.3) is 0 Å². The molecule has 42 heavy (non-hydrogen) atoms. The van der Waals surface area contributed by atoms with Gasteiger partial charge in [0.1, 0.15) is 30.2 Å². The molecule has 6 atom stereocenters. The average Bonchev–Trinajstić information content (AvgIpc) is 3.06. The summed E-state index contributed by atoms with van der Waals surface area (Å²) in [4.78, 5) is 0. The topological polar surface area (TPSA) is 64.6 Å². The summed E-state index contributed by atoms with van der Waals surface area (Å²) in [5, 5.41) is 0. The van der Waals surface area contributed by atoms with E-state index in [9.17, 15) is 0 Å². The summed E-state index contributed by atoms with van der Waals surface area (Å²) in [6, 6.07) is 37.9. The minimum atomic E-state index is -0.694. The highest BCUT2D eigenvalue weighted by atomic mass is 16.8. The fraction of sp³-hybridized carbons (Fsp3) is 0.314. The van der Waals surface area contributed by atoms with Gasteiger partial charge in [-0.3, -0.25) is 0 Å². The molecule has 6 rings (SSSR count). The van der Waals surface area contributed by atoms with E-state index in [4.69, 9.17) is 33.2 Å². The van der Waals surface area contributed by atoms with Gasteiger partial charge in [0.15, 0.2) is 12.6 Å². The molecule has 2 fully saturated rings. The van der Waals surface area contributed by atoms with Crippen LogP contribution in [-0.4, -0.2) is 44.4 Å². The zero-order chi connectivity index (χ0) is 28.6. The van der Waals surface area contributed by atoms with Crippen LogP contribution in [-0.2, 0) is 48.2 Å². The zero-order valence-corrected chi connectivity index (χ0v) is 23.6. The Hall–Kier alpha value is -3.56. The first-order valence-electron chi connectivity index (χ1n) is 14.3. The van der Waals surface area contributed by atoms with E-state index in [1.54, 1.807) is 7.11 Å². The van der Waals surface area contributed by atoms with E-state index in [1.807, 2.05) is 115 Å². The molecular formula is C35H36O7. The van der Waals surface area contributed by atoms with Crippen molar-refractivity contribution in [3.63, 3.8) is 0 Å². The van der Waals surface area contributed by atoms with Gasteiger partial charge in [-0.2, -0.15) is 0 Å². The van der Waals surface area contributed by atoms with Gasteiger partial charge < -0.3 is 33.2 Å². The second-order valence-corrected chi connectivity index (χ2v) is 10.4. The Bertz CT molecular complexity index is 1350. The van der Waals surface area contributed by atoms with Crippen molar-refractivity contribution in [3.8, 4) is 5.75 Å². The van der Waals surface area contributed by atoms with Gasteiger partial charge in [0.05, 0.1) is 33.5 Å². The van der Waals surface area contributed by atoms with Crippen LogP contribution in [0.1, 0.15) is 28.5 Å². The van der Waals surface area contributed by atoms with Crippen molar-refractivity contribution in [3.05, 3.63) is 138 Å². The van der Waals surface area contributed by atoms with Crippen LogP contribution in [0.5, 0.6) is 5.75 Å². The Labute approximate surface area is 246 Å². The second kappa shape index (κ2) is 14.1. The van der Waals surface area contributed by atoms with Crippen molar-refractivity contribution in [2.24, 2.45) is 0 Å². The number of benzene rings is 4. The maximum atomic E-state index is 6.66. The molecule has 2 aliphatic rings. The maximum absolute atomic E-state index is 6.66. The molecule has 0 amide bonds. The monoisotopic (exact) mass is 568 g/mol. The molecule has 0 N–H and O–H groups in total. The molecule has 4 aromatic carbocycles. The van der Waals surface area contributed by atoms with Gasteiger partial charge in [0.25, 0.3) is 0 Å². The molecule has 0 unspecified atom stereocenters. The number of ether oxygens (including phenoxy) is 7. The van der Waals surface area contributed by atoms with Gasteiger partial charge >= 0.3 is 0 Å². The van der Waals surface area contributed by atoms with Gasteiger partial charge in [-0.05, 0) is 28.8 Å². The predicted molar refractivity (Wildman–Crippen MR) is 156 cm³/mol. The first-order chi connectivity index (χ1) is 20.8. The fourth-order valence-electron chi connectivity index (χ4n) is 5.26. The maximum Gasteiger partial charge on any atom is 0.187 e. The largest absolute Gasteiger partial charge is 0.497 e. The van der Waals surface area contributed by atoms with E-state index in [2.05, 4.69) is 0 Å². The Morgan fingerprint density at radius 2 is 1.12 bits per heavy atom. The molecule has 7 heteroatoms. The molecule has 2 saturated heterocycles. The smallest absolute Gasteiger partial charge is 0.187 e. The Kier molecular flexibility index (Phi) is 9.57. The van der Waals surface area contributed by atoms with Crippen LogP contribution in [0.3, 0.4) is 0 Å². The standard InChI is InChI=1S/C35H36O7/c1-36-29-19-17-28(18-20-29)34-40-24-30-31(42-34)32(37-21-25-11-5-2-6-12-25)33(38-22-26-13-7-3-8-14-26)35(41-30)39-23-27-15-9-4-10-16-27/h2-20,30-35H,21-24H2,1H3/t30-,31-,32+,33-,34-,35-/m1/s1. The number of hydrogen-bond donors (Lipinski definition) is 0. The van der Waals surface area contributed by atoms with Crippen molar-refractivity contribution >= 4 is 0 Å². The molecule has 2 aliphatic heterocycles. The Morgan fingerprint density at radius 3 is 1.67 bits per heavy atom. The van der Waals surface area contributed by atoms with Crippen LogP contribution in [0.4, 0.5) is 0 Å². The lowest BCUT2D eigenvalue weighted by Crippen LogP contribution is -2.63. The van der Waals surface area contributed by atoms with E-state index in [1.165, 1.54) is 0 Å². The Balaban J connectivity index is 1.27. The summed E-state index contributed by atoms with van der Waals surface area (Å²) in [6.07, 6.45) is -3.18. The third kappa shape index (κ3) is 7.07. The molecule has 0 radical (unpaired) electrons. The highest BCUT2D eigenvalue weighted by Gasteiger charge is 2.52. The van der Waals surface area contributed by atoms with E-state index in [0.29, 0.717) is 26.4 Å². The molecular weight excluding hydrogens is 532 g/mol. The first kappa shape index (κ1) is 28.6. The molecule has 4 aromatic rings. The highest BCUT2D eigenvalue weighted by molar-refractivity contribution is 5.28. The normalized spacial score (nSPS) is 25.5. The lowest BCUT2D eigenvalue weighted by atomic mass is 9.97. The fourth-order valence-corrected chi connectivity index (χ4v) is 5.26. The molecule has 0 aromatic heterocycles. The highest BCUT2D eigenvalue weighted by Crippen LogP contribution is 2.38. The first-order valence-corrected chi connectivity index (χ1v) is 14.3. The number of fused-ring (bicyclic) bond motifs is 1. The second-order valence-electron chi connectivity index (χ2n) is 10.4. The summed E-state index contributed by atoms with van der Waals surface area (Å²) in [6.45, 7) is 1.46. The summed E-state index contributed by atoms with van der Waals surface area (Å²) in [5.41, 5.74) is 4.04. The van der Waals surface area contributed by atoms with Gasteiger partial charge in [-0.15, -0.1) is 0 Å². The summed E-state index contributed by atoms with van der Waals surface area (Å²) >= 11 is 0. The lowest BCUT2D eigenvalue weighted by Gasteiger charge is -2.49. The van der Waals surface area contributed by atoms with Crippen molar-refractivity contribution in [2.45, 2.75) is 56.8 Å². The van der Waals surface area contributed by atoms with Crippen LogP contribution in [0, 0.1) is 0 Å². The number of methoxy groups -OCH3 is 1. The lowest BCUT2D eigenvalue weighted by molar-refractivity contribution is -0.374. The van der Waals surface area contributed by atoms with Crippen molar-refractivity contribution < 1.29 is 33.2 Å². The SMILES string of the molecule is COc1ccc([C@@H]2OC[C@H]3O[C@@H](OCc4ccccc4)[C@H](OCc4ccccc4)[C@@H](OCc4ccccc4)[C@@H]3O2)cc1. The van der Waals surface area contributed by atoms with E-state index >= 15 is 0 Å². The summed E-state index contributed by atoms with van der Waals surface area (Å²) in [7, 11) is 1.65. The van der Waals surface area contributed by atoms with Gasteiger partial charge in [0.2, 0.25) is 0 Å². The Morgan fingerprint density at radius 1 is 0.595 bits per heavy atom. The minimum Gasteiger partial charge on any atom is -0.497 e. The van der Waals surface area contributed by atoms with E-state index in [-0.39, 0.29) is 0 Å². The third-order valence-electron chi connectivity index (χ3n) is 7.50. The molecule has 0 aliphatic carbocycles. The van der Waals surface area contributed by atoms with Crippen LogP contribution in [0.15, 0.2) is 115 Å². The van der Waals surface area contributed by atoms with Gasteiger partial charge in [-0.1, -0.05) is 103 Å². The van der Waals surface area contributed by atoms with Gasteiger partial charge in [-0.25, -0.2) is 0 Å². The van der Waals surface area contributed by atoms with Crippen LogP contribution in [0.2, 0.25) is 0 Å². The van der Waals surface area contributed by atoms with Crippen LogP contribution >= 0.6 is 0 Å². The van der Waals surface area contributed by atoms with Crippen molar-refractivity contribution in [1.29, 1.82) is 0 Å². The van der Waals surface area contributed by atoms with Crippen molar-refractivity contribution in [1.82, 2.24) is 0 Å². The van der Waals surface area contributed by atoms with E-state index < -0.39 is 37.0 Å². The quantitative estimate of drug-likeness (QED) is 0.213. The molecule has 0 spiro atoms. The molecule has 2 heterocycles. The summed E-state index contributed by atoms with van der Waals surface area (Å²) in [5.74, 6) is 0.769. The molecule has 0 bridgehead atoms. The number of rotatable bonds is 11. The zero-order valence-electron chi connectivity index (χ0n) is 23.6.